The summed E-state index contributed by atoms with van der Waals surface area (Å²) in [7, 11) is 1.41. The van der Waals surface area contributed by atoms with Gasteiger partial charge in [-0.3, -0.25) is 10.1 Å². The molecule has 2 aromatic carbocycles. The summed E-state index contributed by atoms with van der Waals surface area (Å²) in [5.41, 5.74) is 2.46. The Morgan fingerprint density at radius 2 is 2.04 bits per heavy atom. The van der Waals surface area contributed by atoms with Crippen molar-refractivity contribution in [2.45, 2.75) is 0 Å². The second kappa shape index (κ2) is 7.57. The Bertz CT molecular complexity index is 1110. The highest BCUT2D eigenvalue weighted by molar-refractivity contribution is 7.14. The first-order chi connectivity index (χ1) is 13.6. The number of carbonyl (C=O) groups excluding carboxylic acids is 1. The molecule has 4 aromatic rings. The molecule has 1 N–H and O–H groups in total. The third-order valence-electron chi connectivity index (χ3n) is 3.98. The molecular formula is C19H14FN5O2S. The van der Waals surface area contributed by atoms with E-state index in [9.17, 15) is 9.18 Å². The maximum absolute atomic E-state index is 13.9. The van der Waals surface area contributed by atoms with Gasteiger partial charge in [-0.2, -0.15) is 5.10 Å². The van der Waals surface area contributed by atoms with Gasteiger partial charge in [0.05, 0.1) is 18.5 Å². The molecule has 0 aliphatic heterocycles. The Morgan fingerprint density at radius 3 is 2.71 bits per heavy atom. The van der Waals surface area contributed by atoms with Crippen molar-refractivity contribution in [3.05, 3.63) is 71.9 Å². The largest absolute Gasteiger partial charge is 0.494 e. The predicted octanol–water partition coefficient (Wildman–Crippen LogP) is 3.79. The van der Waals surface area contributed by atoms with Crippen LogP contribution in [0.1, 0.15) is 10.4 Å². The van der Waals surface area contributed by atoms with Gasteiger partial charge in [0.25, 0.3) is 5.91 Å². The van der Waals surface area contributed by atoms with Crippen LogP contribution >= 0.6 is 11.3 Å². The van der Waals surface area contributed by atoms with Gasteiger partial charge in [0.15, 0.2) is 16.7 Å². The van der Waals surface area contributed by atoms with Crippen molar-refractivity contribution in [1.82, 2.24) is 19.7 Å². The van der Waals surface area contributed by atoms with Crippen LogP contribution in [-0.2, 0) is 0 Å². The number of rotatable bonds is 5. The minimum absolute atomic E-state index is 0.168. The van der Waals surface area contributed by atoms with Gasteiger partial charge in [0.2, 0.25) is 0 Å². The summed E-state index contributed by atoms with van der Waals surface area (Å²) in [4.78, 5) is 20.7. The van der Waals surface area contributed by atoms with E-state index in [0.717, 1.165) is 5.69 Å². The van der Waals surface area contributed by atoms with Gasteiger partial charge in [-0.25, -0.2) is 19.0 Å². The maximum Gasteiger partial charge on any atom is 0.257 e. The predicted molar refractivity (Wildman–Crippen MR) is 103 cm³/mol. The van der Waals surface area contributed by atoms with Crippen molar-refractivity contribution in [2.75, 3.05) is 12.4 Å². The van der Waals surface area contributed by atoms with Crippen LogP contribution < -0.4 is 10.1 Å². The quantitative estimate of drug-likeness (QED) is 0.556. The van der Waals surface area contributed by atoms with Crippen LogP contribution in [0.2, 0.25) is 0 Å². The Kier molecular flexibility index (Phi) is 4.81. The van der Waals surface area contributed by atoms with Gasteiger partial charge < -0.3 is 4.74 Å². The number of hydrogen-bond acceptors (Lipinski definition) is 6. The van der Waals surface area contributed by atoms with E-state index in [0.29, 0.717) is 22.0 Å². The standard InChI is InChI=1S/C19H14FN5O2S/c1-27-17-7-4-13(8-15(17)20)16-9-28-19(23-16)24-18(26)12-2-5-14(6-3-12)25-11-21-10-22-25/h2-11H,1H3,(H,23,24,26). The number of carbonyl (C=O) groups is 1. The highest BCUT2D eigenvalue weighted by Crippen LogP contribution is 2.28. The van der Waals surface area contributed by atoms with Crippen LogP contribution in [0.4, 0.5) is 9.52 Å². The molecule has 9 heteroatoms. The van der Waals surface area contributed by atoms with Crippen LogP contribution in [0.25, 0.3) is 16.9 Å². The smallest absolute Gasteiger partial charge is 0.257 e. The first-order valence-electron chi connectivity index (χ1n) is 8.20. The monoisotopic (exact) mass is 395 g/mol. The average molecular weight is 395 g/mol. The molecule has 0 aliphatic carbocycles. The number of methoxy groups -OCH3 is 1. The number of halogens is 1. The molecule has 0 saturated heterocycles. The molecule has 0 unspecified atom stereocenters. The SMILES string of the molecule is COc1ccc(-c2csc(NC(=O)c3ccc(-n4cncn4)cc3)n2)cc1F. The van der Waals surface area contributed by atoms with Crippen LogP contribution in [0.5, 0.6) is 5.75 Å². The minimum atomic E-state index is -0.467. The number of aromatic nitrogens is 4. The van der Waals surface area contributed by atoms with Crippen molar-refractivity contribution in [1.29, 1.82) is 0 Å². The van der Waals surface area contributed by atoms with Gasteiger partial charge in [-0.15, -0.1) is 11.3 Å². The lowest BCUT2D eigenvalue weighted by Crippen LogP contribution is -2.11. The Morgan fingerprint density at radius 1 is 1.21 bits per heavy atom. The third-order valence-corrected chi connectivity index (χ3v) is 4.74. The lowest BCUT2D eigenvalue weighted by atomic mass is 10.1. The second-order valence-electron chi connectivity index (χ2n) is 5.73. The second-order valence-corrected chi connectivity index (χ2v) is 6.59. The fourth-order valence-corrected chi connectivity index (χ4v) is 3.28. The lowest BCUT2D eigenvalue weighted by Gasteiger charge is -2.04. The van der Waals surface area contributed by atoms with E-state index in [2.05, 4.69) is 20.4 Å². The summed E-state index contributed by atoms with van der Waals surface area (Å²) >= 11 is 1.27. The molecule has 7 nitrogen and oxygen atoms in total. The molecule has 1 amide bonds. The van der Waals surface area contributed by atoms with Crippen LogP contribution in [0, 0.1) is 5.82 Å². The van der Waals surface area contributed by atoms with E-state index in [4.69, 9.17) is 4.74 Å². The van der Waals surface area contributed by atoms with Gasteiger partial charge in [0.1, 0.15) is 12.7 Å². The van der Waals surface area contributed by atoms with Gasteiger partial charge in [-0.1, -0.05) is 0 Å². The molecule has 0 fully saturated rings. The molecular weight excluding hydrogens is 381 g/mol. The molecule has 0 radical (unpaired) electrons. The molecule has 2 heterocycles. The maximum atomic E-state index is 13.9. The fraction of sp³-hybridized carbons (Fsp3) is 0.0526. The fourth-order valence-electron chi connectivity index (χ4n) is 2.57. The van der Waals surface area contributed by atoms with Crippen molar-refractivity contribution in [3.8, 4) is 22.7 Å². The highest BCUT2D eigenvalue weighted by atomic mass is 32.1. The van der Waals surface area contributed by atoms with Gasteiger partial charge in [-0.05, 0) is 42.5 Å². The number of nitrogens with zero attached hydrogens (tertiary/aromatic N) is 4. The Balaban J connectivity index is 1.47. The Hall–Kier alpha value is -3.59. The molecule has 0 saturated carbocycles. The van der Waals surface area contributed by atoms with Crippen molar-refractivity contribution >= 4 is 22.4 Å². The van der Waals surface area contributed by atoms with Crippen molar-refractivity contribution in [2.24, 2.45) is 0 Å². The molecule has 0 aliphatic rings. The normalized spacial score (nSPS) is 10.6. The first kappa shape index (κ1) is 17.8. The number of anilines is 1. The summed E-state index contributed by atoms with van der Waals surface area (Å²) in [6.45, 7) is 0. The van der Waals surface area contributed by atoms with Crippen LogP contribution in [-0.4, -0.2) is 32.8 Å². The van der Waals surface area contributed by atoms with E-state index in [1.54, 1.807) is 52.8 Å². The van der Waals surface area contributed by atoms with E-state index in [-0.39, 0.29) is 11.7 Å². The number of benzene rings is 2. The van der Waals surface area contributed by atoms with E-state index >= 15 is 0 Å². The lowest BCUT2D eigenvalue weighted by molar-refractivity contribution is 0.102. The highest BCUT2D eigenvalue weighted by Gasteiger charge is 2.12. The number of nitrogens with one attached hydrogen (secondary N) is 1. The van der Waals surface area contributed by atoms with E-state index in [1.165, 1.54) is 30.8 Å². The summed E-state index contributed by atoms with van der Waals surface area (Å²) in [5.74, 6) is -0.583. The van der Waals surface area contributed by atoms with Gasteiger partial charge in [0, 0.05) is 16.5 Å². The van der Waals surface area contributed by atoms with Crippen molar-refractivity contribution < 1.29 is 13.9 Å². The minimum Gasteiger partial charge on any atom is -0.494 e. The molecule has 28 heavy (non-hydrogen) atoms. The number of amides is 1. The molecule has 2 aromatic heterocycles. The summed E-state index contributed by atoms with van der Waals surface area (Å²) in [5, 5.41) is 8.98. The zero-order chi connectivity index (χ0) is 19.5. The zero-order valence-corrected chi connectivity index (χ0v) is 15.5. The summed E-state index contributed by atoms with van der Waals surface area (Å²) in [6.07, 6.45) is 3.02. The summed E-state index contributed by atoms with van der Waals surface area (Å²) in [6, 6.07) is 11.5. The number of thiazole rings is 1. The van der Waals surface area contributed by atoms with Crippen LogP contribution in [0.15, 0.2) is 60.5 Å². The molecule has 0 atom stereocenters. The van der Waals surface area contributed by atoms with Gasteiger partial charge >= 0.3 is 0 Å². The zero-order valence-electron chi connectivity index (χ0n) is 14.7. The first-order valence-corrected chi connectivity index (χ1v) is 9.08. The molecule has 0 bridgehead atoms. The number of ether oxygens (including phenoxy) is 1. The van der Waals surface area contributed by atoms with Crippen molar-refractivity contribution in [3.63, 3.8) is 0 Å². The molecule has 4 rings (SSSR count). The average Bonchev–Trinajstić information content (AvgIpc) is 3.40. The molecule has 0 spiro atoms. The number of hydrogen-bond donors (Lipinski definition) is 1. The van der Waals surface area contributed by atoms with Crippen LogP contribution in [0.3, 0.4) is 0 Å². The molecule has 140 valence electrons. The van der Waals surface area contributed by atoms with E-state index < -0.39 is 5.82 Å². The summed E-state index contributed by atoms with van der Waals surface area (Å²) < 4.78 is 20.4. The third kappa shape index (κ3) is 3.60. The Labute approximate surface area is 163 Å². The van der Waals surface area contributed by atoms with E-state index in [1.807, 2.05) is 0 Å². The topological polar surface area (TPSA) is 81.9 Å².